The van der Waals surface area contributed by atoms with Crippen LogP contribution in [0.25, 0.3) is 16.5 Å². The number of benzene rings is 2. The molecule has 0 aliphatic carbocycles. The van der Waals surface area contributed by atoms with Crippen LogP contribution in [0.5, 0.6) is 11.5 Å². The van der Waals surface area contributed by atoms with E-state index in [1.54, 1.807) is 43.6 Å². The number of rotatable bonds is 5. The molecule has 5 rings (SSSR count). The van der Waals surface area contributed by atoms with Gasteiger partial charge < -0.3 is 15.8 Å². The molecule has 0 saturated heterocycles. The van der Waals surface area contributed by atoms with E-state index in [0.29, 0.717) is 39.3 Å². The maximum absolute atomic E-state index is 14.9. The highest BCUT2D eigenvalue weighted by Crippen LogP contribution is 2.31. The number of nitrogens with one attached hydrogen (secondary N) is 1. The van der Waals surface area contributed by atoms with E-state index in [1.807, 2.05) is 13.8 Å². The Morgan fingerprint density at radius 1 is 0.919 bits per heavy atom. The number of aromatic nitrogens is 3. The zero-order chi connectivity index (χ0) is 26.5. The Kier molecular flexibility index (Phi) is 7.43. The van der Waals surface area contributed by atoms with Crippen LogP contribution in [0.3, 0.4) is 0 Å². The Bertz CT molecular complexity index is 1620. The van der Waals surface area contributed by atoms with E-state index in [9.17, 15) is 13.6 Å². The van der Waals surface area contributed by atoms with Gasteiger partial charge in [-0.2, -0.15) is 0 Å². The normalized spacial score (nSPS) is 10.5. The van der Waals surface area contributed by atoms with Gasteiger partial charge in [-0.3, -0.25) is 9.36 Å². The van der Waals surface area contributed by atoms with Crippen molar-refractivity contribution in [3.05, 3.63) is 107 Å². The first-order chi connectivity index (χ1) is 17.9. The van der Waals surface area contributed by atoms with Crippen LogP contribution in [0.2, 0.25) is 0 Å². The minimum absolute atomic E-state index is 0.00814. The summed E-state index contributed by atoms with van der Waals surface area (Å²) in [4.78, 5) is 21.6. The van der Waals surface area contributed by atoms with Crippen molar-refractivity contribution >= 4 is 28.1 Å². The molecule has 0 aliphatic rings. The fraction of sp³-hybridized carbons (Fsp3) is 0.107. The van der Waals surface area contributed by atoms with E-state index in [4.69, 9.17) is 10.5 Å². The number of pyridine rings is 3. The first-order valence-electron chi connectivity index (χ1n) is 11.6. The summed E-state index contributed by atoms with van der Waals surface area (Å²) >= 11 is 0. The molecule has 0 unspecified atom stereocenters. The first kappa shape index (κ1) is 25.3. The number of nitrogens with two attached hydrogens (primary N) is 1. The van der Waals surface area contributed by atoms with Gasteiger partial charge in [0.15, 0.2) is 11.6 Å². The quantitative estimate of drug-likeness (QED) is 0.285. The van der Waals surface area contributed by atoms with Gasteiger partial charge in [0.25, 0.3) is 5.56 Å². The van der Waals surface area contributed by atoms with Crippen molar-refractivity contribution in [1.82, 2.24) is 14.5 Å². The van der Waals surface area contributed by atoms with Crippen molar-refractivity contribution in [3.8, 4) is 17.2 Å². The van der Waals surface area contributed by atoms with Gasteiger partial charge >= 0.3 is 0 Å². The van der Waals surface area contributed by atoms with Crippen LogP contribution >= 0.6 is 0 Å². The van der Waals surface area contributed by atoms with E-state index < -0.39 is 11.6 Å². The van der Waals surface area contributed by atoms with Crippen molar-refractivity contribution in [2.24, 2.45) is 0 Å². The lowest BCUT2D eigenvalue weighted by atomic mass is 10.2. The monoisotopic (exact) mass is 501 g/mol. The predicted octanol–water partition coefficient (Wildman–Crippen LogP) is 6.51. The van der Waals surface area contributed by atoms with Gasteiger partial charge in [0.05, 0.1) is 5.39 Å². The molecule has 3 heterocycles. The number of nitrogen functional groups attached to an aromatic ring is 1. The molecule has 0 amide bonds. The molecule has 0 spiro atoms. The van der Waals surface area contributed by atoms with Crippen molar-refractivity contribution in [1.29, 1.82) is 0 Å². The highest BCUT2D eigenvalue weighted by Gasteiger charge is 2.13. The van der Waals surface area contributed by atoms with E-state index >= 15 is 0 Å². The summed E-state index contributed by atoms with van der Waals surface area (Å²) in [6.07, 6.45) is 4.65. The average molecular weight is 502 g/mol. The summed E-state index contributed by atoms with van der Waals surface area (Å²) in [5.74, 6) is -0.0513. The van der Waals surface area contributed by atoms with Crippen molar-refractivity contribution in [3.63, 3.8) is 0 Å². The van der Waals surface area contributed by atoms with Gasteiger partial charge in [-0.05, 0) is 66.9 Å². The Morgan fingerprint density at radius 2 is 1.65 bits per heavy atom. The van der Waals surface area contributed by atoms with Gasteiger partial charge in [-0.1, -0.05) is 13.8 Å². The number of anilines is 3. The molecule has 0 saturated carbocycles. The smallest absolute Gasteiger partial charge is 0.266 e. The minimum Gasteiger partial charge on any atom is -0.454 e. The molecule has 0 atom stereocenters. The van der Waals surface area contributed by atoms with Crippen molar-refractivity contribution in [2.45, 2.75) is 20.8 Å². The van der Waals surface area contributed by atoms with Crippen molar-refractivity contribution in [2.75, 3.05) is 11.1 Å². The molecule has 188 valence electrons. The number of hydrogen-bond acceptors (Lipinski definition) is 6. The lowest BCUT2D eigenvalue weighted by molar-refractivity contribution is 0.439. The van der Waals surface area contributed by atoms with E-state index in [2.05, 4.69) is 15.3 Å². The molecule has 3 N–H and O–H groups in total. The standard InChI is InChI=1S/C26H19F2N5O2.C2H6/c1-15-21(9-12-30-24(15)29)35-22-7-4-18(14-20(22)28)32-25-23-16(8-11-31-25)10-13-33(26(23)34)19-5-2-17(27)3-6-19;1-2/h2-14H,1H3,(H2,29,30)(H,31,32);1-2H3. The highest BCUT2D eigenvalue weighted by atomic mass is 19.1. The Balaban J connectivity index is 0.00000156. The SMILES string of the molecule is CC.Cc1c(Oc2ccc(Nc3nccc4ccn(-c5ccc(F)cc5)c(=O)c34)cc2F)ccnc1N. The molecule has 9 heteroatoms. The van der Waals surface area contributed by atoms with E-state index in [1.165, 1.54) is 47.2 Å². The predicted molar refractivity (Wildman–Crippen MR) is 142 cm³/mol. The third-order valence-corrected chi connectivity index (χ3v) is 5.53. The Morgan fingerprint density at radius 3 is 2.38 bits per heavy atom. The third kappa shape index (κ3) is 5.25. The maximum atomic E-state index is 14.9. The molecule has 2 aromatic carbocycles. The van der Waals surface area contributed by atoms with E-state index in [0.717, 1.165) is 0 Å². The Labute approximate surface area is 212 Å². The van der Waals surface area contributed by atoms with Crippen LogP contribution in [-0.2, 0) is 0 Å². The summed E-state index contributed by atoms with van der Waals surface area (Å²) in [5.41, 5.74) is 6.92. The number of hydrogen-bond donors (Lipinski definition) is 2. The lowest BCUT2D eigenvalue weighted by Gasteiger charge is -2.13. The molecule has 5 aromatic rings. The maximum Gasteiger partial charge on any atom is 0.266 e. The molecule has 0 aliphatic heterocycles. The van der Waals surface area contributed by atoms with Gasteiger partial charge in [0, 0.05) is 41.6 Å². The Hall–Kier alpha value is -4.79. The summed E-state index contributed by atoms with van der Waals surface area (Å²) in [6.45, 7) is 5.73. The molecule has 0 bridgehead atoms. The fourth-order valence-electron chi connectivity index (χ4n) is 3.64. The van der Waals surface area contributed by atoms with Crippen LogP contribution in [-0.4, -0.2) is 14.5 Å². The lowest BCUT2D eigenvalue weighted by Crippen LogP contribution is -2.19. The largest absolute Gasteiger partial charge is 0.454 e. The first-order valence-corrected chi connectivity index (χ1v) is 11.6. The zero-order valence-electron chi connectivity index (χ0n) is 20.5. The summed E-state index contributed by atoms with van der Waals surface area (Å²) in [6, 6.07) is 15.0. The fourth-order valence-corrected chi connectivity index (χ4v) is 3.64. The number of halogens is 2. The second kappa shape index (κ2) is 10.9. The van der Waals surface area contributed by atoms with E-state index in [-0.39, 0.29) is 17.1 Å². The molecular weight excluding hydrogens is 476 g/mol. The third-order valence-electron chi connectivity index (χ3n) is 5.53. The molecule has 3 aromatic heterocycles. The minimum atomic E-state index is -0.617. The van der Waals surface area contributed by atoms with Gasteiger partial charge in [0.2, 0.25) is 0 Å². The zero-order valence-corrected chi connectivity index (χ0v) is 20.5. The number of fused-ring (bicyclic) bond motifs is 1. The van der Waals surface area contributed by atoms with Gasteiger partial charge in [0.1, 0.15) is 23.2 Å². The number of nitrogens with zero attached hydrogens (tertiary/aromatic N) is 3. The van der Waals surface area contributed by atoms with Crippen LogP contribution < -0.4 is 21.3 Å². The second-order valence-corrected chi connectivity index (χ2v) is 7.78. The van der Waals surface area contributed by atoms with Crippen molar-refractivity contribution < 1.29 is 13.5 Å². The molecule has 0 radical (unpaired) electrons. The molecule has 37 heavy (non-hydrogen) atoms. The molecular formula is C28H25F2N5O2. The summed E-state index contributed by atoms with van der Waals surface area (Å²) < 4.78 is 35.2. The van der Waals surface area contributed by atoms with Crippen LogP contribution in [0.4, 0.5) is 26.1 Å². The van der Waals surface area contributed by atoms with Crippen LogP contribution in [0, 0.1) is 18.6 Å². The summed E-state index contributed by atoms with van der Waals surface area (Å²) in [7, 11) is 0. The van der Waals surface area contributed by atoms with Crippen LogP contribution in [0.1, 0.15) is 19.4 Å². The van der Waals surface area contributed by atoms with Gasteiger partial charge in [-0.15, -0.1) is 0 Å². The average Bonchev–Trinajstić information content (AvgIpc) is 2.90. The molecule has 7 nitrogen and oxygen atoms in total. The summed E-state index contributed by atoms with van der Waals surface area (Å²) in [5, 5.41) is 3.98. The van der Waals surface area contributed by atoms with Gasteiger partial charge in [-0.25, -0.2) is 18.7 Å². The van der Waals surface area contributed by atoms with Crippen LogP contribution in [0.15, 0.2) is 84.0 Å². The topological polar surface area (TPSA) is 95.1 Å². The second-order valence-electron chi connectivity index (χ2n) is 7.78. The highest BCUT2D eigenvalue weighted by molar-refractivity contribution is 5.92. The molecule has 0 fully saturated rings. The number of ether oxygens (including phenoxy) is 1.